The summed E-state index contributed by atoms with van der Waals surface area (Å²) >= 11 is 0. The number of hydrogen-bond donors (Lipinski definition) is 2. The topological polar surface area (TPSA) is 87.7 Å². The minimum atomic E-state index is -3.66. The van der Waals surface area contributed by atoms with E-state index in [1.165, 1.54) is 32.1 Å². The minimum Gasteiger partial charge on any atom is -0.383 e. The maximum absolute atomic E-state index is 12.5. The summed E-state index contributed by atoms with van der Waals surface area (Å²) in [5, 5.41) is 2.97. The molecular weight excluding hydrogens is 366 g/mol. The SMILES string of the molecule is COCCNS(=O)(=O)c1cccc(C(=O)NC(C)CN2CCCC(C)C2)c1. The number of carbonyl (C=O) groups is 1. The quantitative estimate of drug-likeness (QED) is 0.616. The summed E-state index contributed by atoms with van der Waals surface area (Å²) in [4.78, 5) is 15.0. The van der Waals surface area contributed by atoms with Crippen molar-refractivity contribution in [1.29, 1.82) is 0 Å². The van der Waals surface area contributed by atoms with Crippen LogP contribution in [0.5, 0.6) is 0 Å². The number of likely N-dealkylation sites (tertiary alicyclic amines) is 1. The number of rotatable bonds is 9. The summed E-state index contributed by atoms with van der Waals surface area (Å²) < 4.78 is 31.9. The van der Waals surface area contributed by atoms with Crippen LogP contribution < -0.4 is 10.0 Å². The molecule has 0 spiro atoms. The number of sulfonamides is 1. The Labute approximate surface area is 162 Å². The lowest BCUT2D eigenvalue weighted by Gasteiger charge is -2.32. The summed E-state index contributed by atoms with van der Waals surface area (Å²) in [6.07, 6.45) is 2.45. The Bertz CT molecular complexity index is 723. The summed E-state index contributed by atoms with van der Waals surface area (Å²) in [7, 11) is -2.16. The number of hydrogen-bond acceptors (Lipinski definition) is 5. The zero-order valence-electron chi connectivity index (χ0n) is 16.4. The molecule has 0 aliphatic carbocycles. The normalized spacial score (nSPS) is 19.6. The lowest BCUT2D eigenvalue weighted by Crippen LogP contribution is -2.45. The second-order valence-electron chi connectivity index (χ2n) is 7.30. The van der Waals surface area contributed by atoms with Gasteiger partial charge in [0, 0.05) is 38.3 Å². The molecule has 2 unspecified atom stereocenters. The van der Waals surface area contributed by atoms with E-state index in [0.29, 0.717) is 11.5 Å². The van der Waals surface area contributed by atoms with Crippen LogP contribution >= 0.6 is 0 Å². The Morgan fingerprint density at radius 2 is 2.19 bits per heavy atom. The predicted octanol–water partition coefficient (Wildman–Crippen LogP) is 1.46. The molecule has 2 atom stereocenters. The maximum Gasteiger partial charge on any atom is 0.251 e. The molecule has 8 heteroatoms. The van der Waals surface area contributed by atoms with Gasteiger partial charge < -0.3 is 15.0 Å². The first-order valence-corrected chi connectivity index (χ1v) is 10.9. The molecule has 0 aromatic heterocycles. The molecule has 1 saturated heterocycles. The van der Waals surface area contributed by atoms with Gasteiger partial charge in [0.15, 0.2) is 0 Å². The predicted molar refractivity (Wildman–Crippen MR) is 105 cm³/mol. The highest BCUT2D eigenvalue weighted by Gasteiger charge is 2.20. The number of piperidine rings is 1. The molecule has 1 aliphatic rings. The van der Waals surface area contributed by atoms with Crippen molar-refractivity contribution in [1.82, 2.24) is 14.9 Å². The van der Waals surface area contributed by atoms with E-state index in [1.807, 2.05) is 6.92 Å². The van der Waals surface area contributed by atoms with E-state index in [0.717, 1.165) is 19.6 Å². The second-order valence-corrected chi connectivity index (χ2v) is 9.07. The monoisotopic (exact) mass is 397 g/mol. The number of methoxy groups -OCH3 is 1. The van der Waals surface area contributed by atoms with Crippen molar-refractivity contribution in [3.05, 3.63) is 29.8 Å². The van der Waals surface area contributed by atoms with Gasteiger partial charge in [-0.3, -0.25) is 4.79 Å². The van der Waals surface area contributed by atoms with Crippen molar-refractivity contribution >= 4 is 15.9 Å². The lowest BCUT2D eigenvalue weighted by molar-refractivity contribution is 0.0919. The van der Waals surface area contributed by atoms with Gasteiger partial charge in [-0.1, -0.05) is 13.0 Å². The molecule has 0 radical (unpaired) electrons. The van der Waals surface area contributed by atoms with Crippen LogP contribution in [0, 0.1) is 5.92 Å². The van der Waals surface area contributed by atoms with Gasteiger partial charge >= 0.3 is 0 Å². The van der Waals surface area contributed by atoms with Crippen LogP contribution in [-0.2, 0) is 14.8 Å². The minimum absolute atomic E-state index is 0.0112. The molecule has 7 nitrogen and oxygen atoms in total. The van der Waals surface area contributed by atoms with Gasteiger partial charge in [-0.05, 0) is 50.4 Å². The van der Waals surface area contributed by atoms with E-state index in [9.17, 15) is 13.2 Å². The van der Waals surface area contributed by atoms with Gasteiger partial charge in [-0.15, -0.1) is 0 Å². The Kier molecular flexibility index (Phi) is 8.22. The van der Waals surface area contributed by atoms with Gasteiger partial charge in [0.25, 0.3) is 5.91 Å². The Hall–Kier alpha value is -1.48. The molecule has 1 aromatic rings. The largest absolute Gasteiger partial charge is 0.383 e. The third kappa shape index (κ3) is 6.88. The van der Waals surface area contributed by atoms with Crippen molar-refractivity contribution in [3.8, 4) is 0 Å². The van der Waals surface area contributed by atoms with Crippen molar-refractivity contribution in [3.63, 3.8) is 0 Å². The van der Waals surface area contributed by atoms with Gasteiger partial charge in [-0.25, -0.2) is 13.1 Å². The van der Waals surface area contributed by atoms with Crippen LogP contribution in [0.15, 0.2) is 29.2 Å². The fourth-order valence-corrected chi connectivity index (χ4v) is 4.42. The van der Waals surface area contributed by atoms with Crippen molar-refractivity contribution in [2.45, 2.75) is 37.6 Å². The number of nitrogens with one attached hydrogen (secondary N) is 2. The zero-order chi connectivity index (χ0) is 19.9. The van der Waals surface area contributed by atoms with E-state index >= 15 is 0 Å². The summed E-state index contributed by atoms with van der Waals surface area (Å²) in [5.41, 5.74) is 0.337. The average Bonchev–Trinajstić information content (AvgIpc) is 2.62. The van der Waals surface area contributed by atoms with Gasteiger partial charge in [-0.2, -0.15) is 0 Å². The zero-order valence-corrected chi connectivity index (χ0v) is 17.2. The molecular formula is C19H31N3O4S. The molecule has 152 valence electrons. The van der Waals surface area contributed by atoms with E-state index < -0.39 is 10.0 Å². The Morgan fingerprint density at radius 3 is 2.89 bits per heavy atom. The van der Waals surface area contributed by atoms with E-state index in [4.69, 9.17) is 4.74 Å². The lowest BCUT2D eigenvalue weighted by atomic mass is 10.00. The number of amides is 1. The molecule has 2 N–H and O–H groups in total. The van der Waals surface area contributed by atoms with Gasteiger partial charge in [0.2, 0.25) is 10.0 Å². The van der Waals surface area contributed by atoms with Crippen molar-refractivity contribution < 1.29 is 17.9 Å². The average molecular weight is 398 g/mol. The number of ether oxygens (including phenoxy) is 1. The number of carbonyl (C=O) groups excluding carboxylic acids is 1. The molecule has 1 fully saturated rings. The molecule has 0 bridgehead atoms. The highest BCUT2D eigenvalue weighted by atomic mass is 32.2. The molecule has 1 aliphatic heterocycles. The highest BCUT2D eigenvalue weighted by molar-refractivity contribution is 7.89. The molecule has 2 rings (SSSR count). The van der Waals surface area contributed by atoms with Crippen LogP contribution in [0.1, 0.15) is 37.0 Å². The van der Waals surface area contributed by atoms with E-state index in [1.54, 1.807) is 12.1 Å². The molecule has 1 aromatic carbocycles. The fraction of sp³-hybridized carbons (Fsp3) is 0.632. The standard InChI is InChI=1S/C19H31N3O4S/c1-15-6-5-10-22(13-15)14-16(2)21-19(23)17-7-4-8-18(12-17)27(24,25)20-9-11-26-3/h4,7-8,12,15-16,20H,5-6,9-11,13-14H2,1-3H3,(H,21,23). The first-order chi connectivity index (χ1) is 12.8. The molecule has 1 heterocycles. The van der Waals surface area contributed by atoms with Crippen LogP contribution in [0.2, 0.25) is 0 Å². The summed E-state index contributed by atoms with van der Waals surface area (Å²) in [5.74, 6) is 0.427. The number of nitrogens with zero attached hydrogens (tertiary/aromatic N) is 1. The third-order valence-corrected chi connectivity index (χ3v) is 6.11. The van der Waals surface area contributed by atoms with E-state index in [-0.39, 0.29) is 30.0 Å². The van der Waals surface area contributed by atoms with Crippen LogP contribution in [0.3, 0.4) is 0 Å². The Balaban J connectivity index is 1.96. The summed E-state index contributed by atoms with van der Waals surface area (Å²) in [6, 6.07) is 6.07. The molecule has 27 heavy (non-hydrogen) atoms. The van der Waals surface area contributed by atoms with Crippen LogP contribution in [0.25, 0.3) is 0 Å². The van der Waals surface area contributed by atoms with Crippen LogP contribution in [-0.4, -0.2) is 65.2 Å². The Morgan fingerprint density at radius 1 is 1.41 bits per heavy atom. The second kappa shape index (κ2) is 10.2. The van der Waals surface area contributed by atoms with E-state index in [2.05, 4.69) is 21.9 Å². The number of benzene rings is 1. The molecule has 1 amide bonds. The highest BCUT2D eigenvalue weighted by Crippen LogP contribution is 2.16. The summed E-state index contributed by atoms with van der Waals surface area (Å²) in [6.45, 7) is 7.61. The van der Waals surface area contributed by atoms with Gasteiger partial charge in [0.05, 0.1) is 11.5 Å². The first kappa shape index (κ1) is 21.8. The first-order valence-electron chi connectivity index (χ1n) is 9.43. The van der Waals surface area contributed by atoms with Crippen molar-refractivity contribution in [2.75, 3.05) is 39.9 Å². The third-order valence-electron chi connectivity index (χ3n) is 4.66. The smallest absolute Gasteiger partial charge is 0.251 e. The van der Waals surface area contributed by atoms with Gasteiger partial charge in [0.1, 0.15) is 0 Å². The fourth-order valence-electron chi connectivity index (χ4n) is 3.36. The maximum atomic E-state index is 12.5. The van der Waals surface area contributed by atoms with Crippen LogP contribution in [0.4, 0.5) is 0 Å². The molecule has 0 saturated carbocycles. The van der Waals surface area contributed by atoms with Crippen molar-refractivity contribution in [2.24, 2.45) is 5.92 Å².